The third-order valence-corrected chi connectivity index (χ3v) is 6.95. The van der Waals surface area contributed by atoms with E-state index in [0.29, 0.717) is 33.4 Å². The van der Waals surface area contributed by atoms with E-state index in [1.54, 1.807) is 30.6 Å². The summed E-state index contributed by atoms with van der Waals surface area (Å²) in [5, 5.41) is 7.12. The van der Waals surface area contributed by atoms with E-state index < -0.39 is 21.7 Å². The van der Waals surface area contributed by atoms with Gasteiger partial charge in [-0.05, 0) is 53.9 Å². The Kier molecular flexibility index (Phi) is 5.88. The van der Waals surface area contributed by atoms with Gasteiger partial charge in [-0.3, -0.25) is 10.1 Å². The fraction of sp³-hybridized carbons (Fsp3) is 0.115. The van der Waals surface area contributed by atoms with Crippen LogP contribution in [0.4, 0.5) is 8.78 Å². The Morgan fingerprint density at radius 3 is 2.62 bits per heavy atom. The van der Waals surface area contributed by atoms with Crippen molar-refractivity contribution in [2.24, 2.45) is 0 Å². The SMILES string of the molecule is Cc1ccncc1-c1cnc2n[nH]c(-c3nc4nccc(-c5cc(F)cc(CNS(C)(=O)=O)c5)c4[nH]3)c2c1F. The van der Waals surface area contributed by atoms with Crippen LogP contribution in [-0.2, 0) is 16.6 Å². The van der Waals surface area contributed by atoms with Crippen LogP contribution in [0.25, 0.3) is 56.0 Å². The van der Waals surface area contributed by atoms with Crippen LogP contribution in [-0.4, -0.2) is 49.8 Å². The molecule has 196 valence electrons. The van der Waals surface area contributed by atoms with Crippen LogP contribution in [0.3, 0.4) is 0 Å². The molecule has 0 radical (unpaired) electrons. The first-order chi connectivity index (χ1) is 18.7. The van der Waals surface area contributed by atoms with Crippen LogP contribution in [0.5, 0.6) is 0 Å². The third kappa shape index (κ3) is 4.62. The van der Waals surface area contributed by atoms with E-state index in [0.717, 1.165) is 11.8 Å². The predicted octanol–water partition coefficient (Wildman–Crippen LogP) is 4.26. The van der Waals surface area contributed by atoms with E-state index in [1.807, 2.05) is 6.92 Å². The molecule has 5 aromatic heterocycles. The van der Waals surface area contributed by atoms with E-state index in [4.69, 9.17) is 0 Å². The van der Waals surface area contributed by atoms with Gasteiger partial charge < -0.3 is 4.98 Å². The Balaban J connectivity index is 1.47. The number of pyridine rings is 3. The quantitative estimate of drug-likeness (QED) is 0.283. The predicted molar refractivity (Wildman–Crippen MR) is 142 cm³/mol. The maximum absolute atomic E-state index is 15.9. The molecule has 6 rings (SSSR count). The Morgan fingerprint density at radius 1 is 0.974 bits per heavy atom. The number of imidazole rings is 1. The fourth-order valence-electron chi connectivity index (χ4n) is 4.45. The summed E-state index contributed by atoms with van der Waals surface area (Å²) in [5.74, 6) is -0.793. The van der Waals surface area contributed by atoms with Crippen LogP contribution < -0.4 is 4.72 Å². The summed E-state index contributed by atoms with van der Waals surface area (Å²) < 4.78 is 55.8. The van der Waals surface area contributed by atoms with Gasteiger partial charge >= 0.3 is 0 Å². The van der Waals surface area contributed by atoms with Crippen LogP contribution in [0.2, 0.25) is 0 Å². The fourth-order valence-corrected chi connectivity index (χ4v) is 4.88. The smallest absolute Gasteiger partial charge is 0.209 e. The maximum atomic E-state index is 15.9. The minimum Gasteiger partial charge on any atom is -0.335 e. The topological polar surface area (TPSA) is 142 Å². The highest BCUT2D eigenvalue weighted by atomic mass is 32.2. The van der Waals surface area contributed by atoms with Gasteiger partial charge in [-0.1, -0.05) is 0 Å². The molecular formula is C26H20F2N8O2S. The highest BCUT2D eigenvalue weighted by Gasteiger charge is 2.22. The molecule has 3 N–H and O–H groups in total. The third-order valence-electron chi connectivity index (χ3n) is 6.28. The number of rotatable bonds is 6. The molecular weight excluding hydrogens is 526 g/mol. The zero-order valence-corrected chi connectivity index (χ0v) is 21.4. The van der Waals surface area contributed by atoms with Crippen molar-refractivity contribution >= 4 is 32.2 Å². The number of nitrogens with one attached hydrogen (secondary N) is 3. The van der Waals surface area contributed by atoms with Gasteiger partial charge in [-0.2, -0.15) is 5.10 Å². The minimum atomic E-state index is -3.46. The number of nitrogens with zero attached hydrogens (tertiary/aromatic N) is 5. The molecule has 0 saturated carbocycles. The first-order valence-corrected chi connectivity index (χ1v) is 13.6. The number of benzene rings is 1. The molecule has 1 aromatic carbocycles. The van der Waals surface area contributed by atoms with Crippen LogP contribution in [0.15, 0.2) is 55.1 Å². The molecule has 0 atom stereocenters. The molecule has 39 heavy (non-hydrogen) atoms. The van der Waals surface area contributed by atoms with Gasteiger partial charge in [0.2, 0.25) is 10.0 Å². The molecule has 0 aliphatic heterocycles. The van der Waals surface area contributed by atoms with Crippen molar-refractivity contribution in [3.8, 4) is 33.8 Å². The van der Waals surface area contributed by atoms with Crippen LogP contribution in [0.1, 0.15) is 11.1 Å². The highest BCUT2D eigenvalue weighted by molar-refractivity contribution is 7.88. The van der Waals surface area contributed by atoms with Crippen molar-refractivity contribution in [1.29, 1.82) is 0 Å². The van der Waals surface area contributed by atoms with Crippen LogP contribution in [0, 0.1) is 18.6 Å². The van der Waals surface area contributed by atoms with E-state index >= 15 is 4.39 Å². The first kappa shape index (κ1) is 24.7. The molecule has 0 aliphatic rings. The Bertz CT molecular complexity index is 2000. The van der Waals surface area contributed by atoms with Gasteiger partial charge in [0.1, 0.15) is 17.3 Å². The van der Waals surface area contributed by atoms with Crippen molar-refractivity contribution in [1.82, 2.24) is 39.8 Å². The molecule has 6 aromatic rings. The molecule has 0 spiro atoms. The number of halogens is 2. The summed E-state index contributed by atoms with van der Waals surface area (Å²) in [5.41, 5.74) is 4.48. The lowest BCUT2D eigenvalue weighted by molar-refractivity contribution is 0.586. The van der Waals surface area contributed by atoms with E-state index in [-0.39, 0.29) is 34.7 Å². The van der Waals surface area contributed by atoms with E-state index in [1.165, 1.54) is 24.5 Å². The van der Waals surface area contributed by atoms with Crippen molar-refractivity contribution in [2.45, 2.75) is 13.5 Å². The standard InChI is InChI=1S/C26H20F2N8O2S/c1-13-3-5-29-11-18(13)19-12-31-24-20(21(19)28)23(35-36-24)26-33-22-17(4-6-30-25(22)34-26)15-7-14(8-16(27)9-15)10-32-39(2,37)38/h3-9,11-12,32H,10H2,1-2H3,(H,30,33,34)(H,31,35,36). The van der Waals surface area contributed by atoms with Gasteiger partial charge in [0.25, 0.3) is 0 Å². The van der Waals surface area contributed by atoms with Crippen molar-refractivity contribution < 1.29 is 17.2 Å². The number of H-pyrrole nitrogens is 2. The van der Waals surface area contributed by atoms with Gasteiger partial charge in [-0.25, -0.2) is 36.9 Å². The van der Waals surface area contributed by atoms with Gasteiger partial charge in [0.05, 0.1) is 17.2 Å². The average molecular weight is 547 g/mol. The molecule has 0 fully saturated rings. The largest absolute Gasteiger partial charge is 0.335 e. The zero-order valence-electron chi connectivity index (χ0n) is 20.6. The molecule has 0 aliphatic carbocycles. The van der Waals surface area contributed by atoms with E-state index in [9.17, 15) is 12.8 Å². The Labute approximate surface area is 220 Å². The number of hydrogen-bond donors (Lipinski definition) is 3. The molecule has 0 amide bonds. The first-order valence-electron chi connectivity index (χ1n) is 11.7. The maximum Gasteiger partial charge on any atom is 0.209 e. The average Bonchev–Trinajstić information content (AvgIpc) is 3.52. The summed E-state index contributed by atoms with van der Waals surface area (Å²) >= 11 is 0. The number of sulfonamides is 1. The van der Waals surface area contributed by atoms with Crippen molar-refractivity contribution in [3.63, 3.8) is 0 Å². The number of hydrogen-bond acceptors (Lipinski definition) is 7. The second kappa shape index (κ2) is 9.29. The van der Waals surface area contributed by atoms with Gasteiger partial charge in [0.15, 0.2) is 17.1 Å². The second-order valence-corrected chi connectivity index (χ2v) is 10.9. The number of fused-ring (bicyclic) bond motifs is 2. The van der Waals surface area contributed by atoms with Gasteiger partial charge in [-0.15, -0.1) is 0 Å². The van der Waals surface area contributed by atoms with Gasteiger partial charge in [0, 0.05) is 48.0 Å². The Morgan fingerprint density at radius 2 is 1.82 bits per heavy atom. The minimum absolute atomic E-state index is 0.0722. The number of aromatic amines is 2. The lowest BCUT2D eigenvalue weighted by atomic mass is 10.0. The number of aromatic nitrogens is 7. The summed E-state index contributed by atoms with van der Waals surface area (Å²) in [7, 11) is -3.46. The summed E-state index contributed by atoms with van der Waals surface area (Å²) in [4.78, 5) is 20.4. The lowest BCUT2D eigenvalue weighted by Crippen LogP contribution is -2.21. The number of aryl methyl sites for hydroxylation is 1. The van der Waals surface area contributed by atoms with Crippen LogP contribution >= 0.6 is 0 Å². The molecule has 13 heteroatoms. The normalized spacial score (nSPS) is 12.0. The molecule has 0 saturated heterocycles. The monoisotopic (exact) mass is 546 g/mol. The molecule has 5 heterocycles. The molecule has 0 bridgehead atoms. The summed E-state index contributed by atoms with van der Waals surface area (Å²) in [6.45, 7) is 1.79. The van der Waals surface area contributed by atoms with E-state index in [2.05, 4.69) is 39.8 Å². The highest BCUT2D eigenvalue weighted by Crippen LogP contribution is 2.35. The Hall–Kier alpha value is -4.62. The summed E-state index contributed by atoms with van der Waals surface area (Å²) in [6.07, 6.45) is 7.19. The van der Waals surface area contributed by atoms with Crippen molar-refractivity contribution in [3.05, 3.63) is 77.9 Å². The second-order valence-electron chi connectivity index (χ2n) is 9.06. The zero-order chi connectivity index (χ0) is 27.3. The lowest BCUT2D eigenvalue weighted by Gasteiger charge is -2.08. The van der Waals surface area contributed by atoms with Crippen molar-refractivity contribution in [2.75, 3.05) is 6.26 Å². The summed E-state index contributed by atoms with van der Waals surface area (Å²) in [6, 6.07) is 7.73. The molecule has 0 unspecified atom stereocenters. The molecule has 10 nitrogen and oxygen atoms in total.